The largest absolute Gasteiger partial charge is 2.00 e. The predicted octanol–water partition coefficient (Wildman–Crippen LogP) is 6.14. The first kappa shape index (κ1) is 31.2. The van der Waals surface area contributed by atoms with Crippen molar-refractivity contribution in [3.05, 3.63) is 66.8 Å². The van der Waals surface area contributed by atoms with E-state index >= 15 is 0 Å². The molecule has 0 fully saturated rings. The van der Waals surface area contributed by atoms with Crippen LogP contribution in [0.15, 0.2) is 43.0 Å². The minimum atomic E-state index is -0.117. The Bertz CT molecular complexity index is 1600. The van der Waals surface area contributed by atoms with Crippen LogP contribution in [-0.4, -0.2) is 17.7 Å². The van der Waals surface area contributed by atoms with Crippen LogP contribution in [0.25, 0.3) is 12.2 Å². The number of nitrogens with one attached hydrogen (secondary N) is 1. The van der Waals surface area contributed by atoms with Gasteiger partial charge in [0.15, 0.2) is 0 Å². The van der Waals surface area contributed by atoms with Gasteiger partial charge in [-0.05, 0) is 119 Å². The first-order valence-corrected chi connectivity index (χ1v) is 15.5. The Morgan fingerprint density at radius 1 is 0.659 bits per heavy atom. The molecule has 1 atom stereocenters. The molecule has 0 amide bonds. The van der Waals surface area contributed by atoms with Crippen LogP contribution < -0.4 is 26.1 Å². The second-order valence-corrected chi connectivity index (χ2v) is 10.7. The van der Waals surface area contributed by atoms with E-state index in [1.54, 1.807) is 0 Å². The Morgan fingerprint density at radius 3 is 1.90 bits per heavy atom. The van der Waals surface area contributed by atoms with Crippen LogP contribution in [0.2, 0.25) is 0 Å². The average molecular weight is 732 g/mol. The molecule has 0 saturated carbocycles. The van der Waals surface area contributed by atoms with Crippen molar-refractivity contribution in [2.75, 3.05) is 5.32 Å². The zero-order valence-electron chi connectivity index (χ0n) is 25.9. The van der Waals surface area contributed by atoms with Crippen molar-refractivity contribution in [3.8, 4) is 0 Å². The van der Waals surface area contributed by atoms with Crippen LogP contribution in [0.5, 0.6) is 0 Å². The Morgan fingerprint density at radius 2 is 1.32 bits per heavy atom. The van der Waals surface area contributed by atoms with Gasteiger partial charge in [-0.3, -0.25) is 9.98 Å². The summed E-state index contributed by atoms with van der Waals surface area (Å²) in [6, 6.07) is 0. The number of hydrogen-bond acceptors (Lipinski definition) is 4. The zero-order chi connectivity index (χ0) is 28.6. The van der Waals surface area contributed by atoms with Gasteiger partial charge in [-0.25, -0.2) is 0 Å². The number of aromatic nitrogens is 2. The first-order valence-electron chi connectivity index (χ1n) is 15.5. The van der Waals surface area contributed by atoms with E-state index in [0.717, 1.165) is 91.0 Å². The van der Waals surface area contributed by atoms with Crippen molar-refractivity contribution in [2.45, 2.75) is 113 Å². The quantitative estimate of drug-likeness (QED) is 0.355. The van der Waals surface area contributed by atoms with E-state index < -0.39 is 0 Å². The van der Waals surface area contributed by atoms with Gasteiger partial charge in [-0.1, -0.05) is 66.7 Å². The number of aliphatic imine (C=N–C) groups is 2. The van der Waals surface area contributed by atoms with Crippen molar-refractivity contribution in [1.29, 1.82) is 0 Å². The Hall–Kier alpha value is -2.72. The topological polar surface area (TPSA) is 77.3 Å². The van der Waals surface area contributed by atoms with E-state index in [0.29, 0.717) is 0 Å². The molecule has 5 heterocycles. The Kier molecular flexibility index (Phi) is 9.95. The van der Waals surface area contributed by atoms with Crippen molar-refractivity contribution in [1.82, 2.24) is 9.97 Å². The summed E-state index contributed by atoms with van der Waals surface area (Å²) in [5.74, 6) is 1.76. The van der Waals surface area contributed by atoms with Crippen LogP contribution in [-0.2, 0) is 46.7 Å². The fourth-order valence-electron chi connectivity index (χ4n) is 6.77. The normalized spacial score (nSPS) is 20.0. The maximum atomic E-state index is 5.26. The molecule has 1 N–H and O–H groups in total. The molecule has 0 aliphatic carbocycles. The average Bonchev–Trinajstić information content (AvgIpc) is 3.67. The van der Waals surface area contributed by atoms with Gasteiger partial charge >= 0.3 is 21.1 Å². The van der Waals surface area contributed by atoms with Gasteiger partial charge < -0.3 is 20.3 Å². The standard InChI is InChI=1S/C34H44N6.Pt/c1-9-19-23(13-5)31-35-27(19)17-28-20(10-2)24(14-6)33(36-28)40-34-26(16-8)22(12-4)30(38-34)18-29-21(11-3)25(15-7)32(37-29)39-31;/h17-18,31,39H,9-16H2,1-8H3;/q-2;+2/b28-17-,30-18-;. The van der Waals surface area contributed by atoms with E-state index in [4.69, 9.17) is 24.9 Å². The molecular weight excluding hydrogens is 687 g/mol. The maximum Gasteiger partial charge on any atom is 2.00 e. The third-order valence-electron chi connectivity index (χ3n) is 8.71. The monoisotopic (exact) mass is 731 g/mol. The molecule has 1 unspecified atom stereocenters. The van der Waals surface area contributed by atoms with Gasteiger partial charge in [0.25, 0.3) is 0 Å². The smallest absolute Gasteiger partial charge is 0.457 e. The van der Waals surface area contributed by atoms with Gasteiger partial charge in [0.05, 0.1) is 23.4 Å². The molecule has 7 heteroatoms. The zero-order valence-corrected chi connectivity index (χ0v) is 28.2. The van der Waals surface area contributed by atoms with Crippen molar-refractivity contribution in [2.24, 2.45) is 15.0 Å². The van der Waals surface area contributed by atoms with E-state index in [2.05, 4.69) is 72.9 Å². The van der Waals surface area contributed by atoms with Crippen molar-refractivity contribution < 1.29 is 21.1 Å². The number of anilines is 1. The summed E-state index contributed by atoms with van der Waals surface area (Å²) >= 11 is 0. The number of fused-ring (bicyclic) bond motifs is 6. The molecule has 3 aliphatic heterocycles. The molecule has 8 bridgehead atoms. The molecule has 5 rings (SSSR count). The third-order valence-corrected chi connectivity index (χ3v) is 8.71. The van der Waals surface area contributed by atoms with Crippen LogP contribution >= 0.6 is 0 Å². The van der Waals surface area contributed by atoms with Gasteiger partial charge in [-0.15, -0.1) is 0 Å². The Labute approximate surface area is 259 Å². The van der Waals surface area contributed by atoms with E-state index in [9.17, 15) is 0 Å². The van der Waals surface area contributed by atoms with Crippen LogP contribution in [0, 0.1) is 0 Å². The van der Waals surface area contributed by atoms with Crippen LogP contribution in [0.4, 0.5) is 5.82 Å². The molecule has 0 saturated heterocycles. The third kappa shape index (κ3) is 5.33. The van der Waals surface area contributed by atoms with Crippen molar-refractivity contribution in [3.63, 3.8) is 0 Å². The summed E-state index contributed by atoms with van der Waals surface area (Å²) in [6.45, 7) is 17.7. The maximum absolute atomic E-state index is 5.26. The second-order valence-electron chi connectivity index (χ2n) is 10.7. The van der Waals surface area contributed by atoms with Gasteiger partial charge in [0, 0.05) is 0 Å². The van der Waals surface area contributed by atoms with Gasteiger partial charge in [0.1, 0.15) is 0 Å². The fraction of sp³-hybridized carbons (Fsp3) is 0.500. The molecule has 0 spiro atoms. The number of hydrogen-bond donors (Lipinski definition) is 1. The van der Waals surface area contributed by atoms with E-state index in [1.807, 2.05) is 0 Å². The number of amidine groups is 1. The molecule has 220 valence electrons. The summed E-state index contributed by atoms with van der Waals surface area (Å²) in [4.78, 5) is 25.9. The molecular formula is C34H44N6Pt. The van der Waals surface area contributed by atoms with Crippen LogP contribution in [0.1, 0.15) is 109 Å². The second kappa shape index (κ2) is 13.1. The molecule has 0 radical (unpaired) electrons. The minimum Gasteiger partial charge on any atom is -0.457 e. The molecule has 41 heavy (non-hydrogen) atoms. The summed E-state index contributed by atoms with van der Waals surface area (Å²) in [7, 11) is 0. The molecule has 2 aromatic heterocycles. The minimum absolute atomic E-state index is 0. The SMILES string of the molecule is CCC1=C(CC)/C2=C/c3[n-]c(c(CC)c3CC)NC3N=C(/C=c4\[n-]c(c(CC)c4CC)=NC1=N2)C(CC)=C3CC.[Pt+2]. The number of nitrogens with zero attached hydrogens (tertiary/aromatic N) is 5. The first-order chi connectivity index (χ1) is 19.5. The summed E-state index contributed by atoms with van der Waals surface area (Å²) in [5, 5.41) is 4.77. The number of allylic oxidation sites excluding steroid dienone is 2. The van der Waals surface area contributed by atoms with Crippen molar-refractivity contribution >= 4 is 29.5 Å². The summed E-state index contributed by atoms with van der Waals surface area (Å²) < 4.78 is 0. The molecule has 6 nitrogen and oxygen atoms in total. The number of rotatable bonds is 8. The van der Waals surface area contributed by atoms with E-state index in [1.165, 1.54) is 44.5 Å². The molecule has 2 aromatic rings. The van der Waals surface area contributed by atoms with Gasteiger partial charge in [-0.2, -0.15) is 0 Å². The fourth-order valence-corrected chi connectivity index (χ4v) is 6.77. The summed E-state index contributed by atoms with van der Waals surface area (Å²) in [5.41, 5.74) is 14.1. The van der Waals surface area contributed by atoms with Crippen LogP contribution in [0.3, 0.4) is 0 Å². The van der Waals surface area contributed by atoms with E-state index in [-0.39, 0.29) is 27.2 Å². The molecule has 3 aliphatic rings. The molecule has 0 aromatic carbocycles. The predicted molar refractivity (Wildman–Crippen MR) is 168 cm³/mol. The summed E-state index contributed by atoms with van der Waals surface area (Å²) in [6.07, 6.45) is 11.6. The van der Waals surface area contributed by atoms with Gasteiger partial charge in [0.2, 0.25) is 0 Å². The Balaban J connectivity index is 0.00000387.